The highest BCUT2D eigenvalue weighted by molar-refractivity contribution is 6.30. The minimum absolute atomic E-state index is 0.0211. The van der Waals surface area contributed by atoms with Crippen molar-refractivity contribution in [2.75, 3.05) is 31.1 Å². The average molecular weight is 594 g/mol. The maximum absolute atomic E-state index is 14.5. The summed E-state index contributed by atoms with van der Waals surface area (Å²) in [6.07, 6.45) is 3.63. The molecule has 2 aliphatic heterocycles. The molecule has 0 saturated carbocycles. The van der Waals surface area contributed by atoms with Crippen LogP contribution in [0, 0.1) is 28.9 Å². The molecule has 1 aromatic heterocycles. The topological polar surface area (TPSA) is 89.8 Å². The highest BCUT2D eigenvalue weighted by atomic mass is 35.5. The Balaban J connectivity index is 1.37. The number of rotatable bonds is 6. The monoisotopic (exact) mass is 593 g/mol. The van der Waals surface area contributed by atoms with Crippen LogP contribution in [0.2, 0.25) is 5.02 Å². The molecule has 3 heterocycles. The van der Waals surface area contributed by atoms with Crippen LogP contribution in [-0.4, -0.2) is 65.0 Å². The van der Waals surface area contributed by atoms with Gasteiger partial charge in [0.25, 0.3) is 0 Å². The number of anilines is 1. The van der Waals surface area contributed by atoms with E-state index in [2.05, 4.69) is 11.1 Å². The first-order valence-electron chi connectivity index (χ1n) is 13.8. The molecule has 3 aromatic rings. The molecule has 2 aliphatic rings. The summed E-state index contributed by atoms with van der Waals surface area (Å²) in [5.41, 5.74) is 1.44. The number of likely N-dealkylation sites (N-methyl/N-ethyl adjacent to an activating group) is 1. The highest BCUT2D eigenvalue weighted by Gasteiger charge is 2.44. The normalized spacial score (nSPS) is 22.0. The third-order valence-electron chi connectivity index (χ3n) is 8.05. The van der Waals surface area contributed by atoms with Gasteiger partial charge in [-0.2, -0.15) is 5.26 Å². The number of hydrogen-bond donors (Lipinski definition) is 0. The maximum atomic E-state index is 14.5. The minimum Gasteiger partial charge on any atom is -0.410 e. The molecule has 0 spiro atoms. The van der Waals surface area contributed by atoms with E-state index in [-0.39, 0.29) is 42.2 Å². The lowest BCUT2D eigenvalue weighted by atomic mass is 9.89. The van der Waals surface area contributed by atoms with Crippen molar-refractivity contribution in [1.82, 2.24) is 14.8 Å². The van der Waals surface area contributed by atoms with E-state index in [0.717, 1.165) is 5.69 Å². The van der Waals surface area contributed by atoms with E-state index in [1.165, 1.54) is 41.3 Å². The number of ether oxygens (including phenoxy) is 1. The Morgan fingerprint density at radius 1 is 1.17 bits per heavy atom. The van der Waals surface area contributed by atoms with E-state index in [0.29, 0.717) is 24.9 Å². The molecule has 2 fully saturated rings. The van der Waals surface area contributed by atoms with E-state index in [9.17, 15) is 23.6 Å². The van der Waals surface area contributed by atoms with Crippen molar-refractivity contribution < 1.29 is 23.1 Å². The molecular weight excluding hydrogens is 564 g/mol. The van der Waals surface area contributed by atoms with Gasteiger partial charge in [-0.25, -0.2) is 13.6 Å². The fourth-order valence-electron chi connectivity index (χ4n) is 5.92. The first-order chi connectivity index (χ1) is 20.3. The summed E-state index contributed by atoms with van der Waals surface area (Å²) < 4.78 is 33.4. The van der Waals surface area contributed by atoms with Crippen LogP contribution in [0.15, 0.2) is 67.0 Å². The van der Waals surface area contributed by atoms with Crippen molar-refractivity contribution in [1.29, 1.82) is 5.26 Å². The quantitative estimate of drug-likeness (QED) is 0.368. The zero-order valence-electron chi connectivity index (χ0n) is 23.0. The van der Waals surface area contributed by atoms with Crippen molar-refractivity contribution in [2.45, 2.75) is 37.8 Å². The minimum atomic E-state index is -0.655. The van der Waals surface area contributed by atoms with Gasteiger partial charge in [-0.3, -0.25) is 9.78 Å². The third kappa shape index (κ3) is 6.16. The fraction of sp³-hybridized carbons (Fsp3) is 0.355. The van der Waals surface area contributed by atoms with Crippen LogP contribution in [0.25, 0.3) is 0 Å². The number of likely N-dealkylation sites (tertiary alicyclic amines) is 1. The third-order valence-corrected chi connectivity index (χ3v) is 8.35. The first kappa shape index (κ1) is 29.3. The van der Waals surface area contributed by atoms with Crippen molar-refractivity contribution in [3.8, 4) is 11.8 Å². The van der Waals surface area contributed by atoms with Gasteiger partial charge in [0.1, 0.15) is 23.4 Å². The summed E-state index contributed by atoms with van der Waals surface area (Å²) in [6, 6.07) is 14.7. The predicted octanol–water partition coefficient (Wildman–Crippen LogP) is 5.64. The predicted molar refractivity (Wildman–Crippen MR) is 153 cm³/mol. The van der Waals surface area contributed by atoms with E-state index in [4.69, 9.17) is 16.3 Å². The van der Waals surface area contributed by atoms with Gasteiger partial charge in [0.15, 0.2) is 0 Å². The van der Waals surface area contributed by atoms with Crippen LogP contribution in [0.4, 0.5) is 19.3 Å². The average Bonchev–Trinajstić information content (AvgIpc) is 3.44. The molecule has 218 valence electrons. The Labute approximate surface area is 248 Å². The smallest absolute Gasteiger partial charge is 0.410 e. The molecule has 0 radical (unpaired) electrons. The Morgan fingerprint density at radius 3 is 2.62 bits per heavy atom. The van der Waals surface area contributed by atoms with Gasteiger partial charge in [0, 0.05) is 44.2 Å². The lowest BCUT2D eigenvalue weighted by Crippen LogP contribution is -2.48. The lowest BCUT2D eigenvalue weighted by molar-refractivity contribution is -0.135. The summed E-state index contributed by atoms with van der Waals surface area (Å²) in [5.74, 6) is -1.77. The second-order valence-corrected chi connectivity index (χ2v) is 10.9. The van der Waals surface area contributed by atoms with E-state index in [1.54, 1.807) is 30.3 Å². The van der Waals surface area contributed by atoms with Crippen LogP contribution in [0.1, 0.15) is 31.2 Å². The molecule has 5 rings (SSSR count). The van der Waals surface area contributed by atoms with Crippen molar-refractivity contribution >= 4 is 29.3 Å². The van der Waals surface area contributed by atoms with Crippen LogP contribution >= 0.6 is 11.6 Å². The summed E-state index contributed by atoms with van der Waals surface area (Å²) in [5, 5.41) is 9.89. The van der Waals surface area contributed by atoms with E-state index < -0.39 is 35.7 Å². The first-order valence-corrected chi connectivity index (χ1v) is 14.2. The summed E-state index contributed by atoms with van der Waals surface area (Å²) in [7, 11) is 0. The molecule has 0 bridgehead atoms. The standard InChI is InChI=1S/C31H30ClF2N5O3/c1-2-38(31(41)42-25-8-6-22(33)7-9-25)29-19-37(18-26(29)20-5-10-27(32)28(34)15-20)30(40)21-11-13-39(24(14-21)16-35)23-4-3-12-36-17-23/h3-10,12,15,17,21,24,26,29H,2,11,13-14,18-19H2,1H3/t21?,24?,26-,29+/m0/s1. The summed E-state index contributed by atoms with van der Waals surface area (Å²) in [4.78, 5) is 36.5. The van der Waals surface area contributed by atoms with Crippen LogP contribution in [0.3, 0.4) is 0 Å². The van der Waals surface area contributed by atoms with Gasteiger partial charge in [0.05, 0.1) is 29.0 Å². The molecule has 2 amide bonds. The number of pyridine rings is 1. The highest BCUT2D eigenvalue weighted by Crippen LogP contribution is 2.36. The molecule has 11 heteroatoms. The molecule has 2 aromatic carbocycles. The number of aromatic nitrogens is 1. The van der Waals surface area contributed by atoms with E-state index >= 15 is 0 Å². The number of carbonyl (C=O) groups excluding carboxylic acids is 2. The Kier molecular flexibility index (Phi) is 8.88. The number of nitrogens with zero attached hydrogens (tertiary/aromatic N) is 5. The van der Waals surface area contributed by atoms with Crippen molar-refractivity contribution in [2.24, 2.45) is 5.92 Å². The fourth-order valence-corrected chi connectivity index (χ4v) is 6.03. The number of amides is 2. The van der Waals surface area contributed by atoms with Gasteiger partial charge in [-0.15, -0.1) is 0 Å². The second-order valence-electron chi connectivity index (χ2n) is 10.5. The molecular formula is C31H30ClF2N5O3. The summed E-state index contributed by atoms with van der Waals surface area (Å²) >= 11 is 5.94. The van der Waals surface area contributed by atoms with Crippen molar-refractivity contribution in [3.05, 3.63) is 89.2 Å². The zero-order valence-corrected chi connectivity index (χ0v) is 23.8. The number of halogens is 3. The lowest BCUT2D eigenvalue weighted by Gasteiger charge is -2.38. The molecule has 4 atom stereocenters. The maximum Gasteiger partial charge on any atom is 0.415 e. The zero-order chi connectivity index (χ0) is 29.8. The van der Waals surface area contributed by atoms with E-state index in [1.807, 2.05) is 17.0 Å². The van der Waals surface area contributed by atoms with Gasteiger partial charge in [-0.1, -0.05) is 17.7 Å². The van der Waals surface area contributed by atoms with Crippen LogP contribution in [0.5, 0.6) is 5.75 Å². The van der Waals surface area contributed by atoms with Gasteiger partial charge in [0.2, 0.25) is 5.91 Å². The van der Waals surface area contributed by atoms with Gasteiger partial charge in [-0.05, 0) is 73.9 Å². The van der Waals surface area contributed by atoms with Crippen molar-refractivity contribution in [3.63, 3.8) is 0 Å². The number of benzene rings is 2. The molecule has 42 heavy (non-hydrogen) atoms. The summed E-state index contributed by atoms with van der Waals surface area (Å²) in [6.45, 7) is 3.04. The molecule has 0 N–H and O–H groups in total. The number of carbonyl (C=O) groups is 2. The number of nitriles is 1. The number of piperidine rings is 1. The van der Waals surface area contributed by atoms with Gasteiger partial charge >= 0.3 is 6.09 Å². The van der Waals surface area contributed by atoms with Crippen LogP contribution < -0.4 is 9.64 Å². The largest absolute Gasteiger partial charge is 0.415 e. The van der Waals surface area contributed by atoms with Crippen LogP contribution in [-0.2, 0) is 4.79 Å². The molecule has 2 unspecified atom stereocenters. The second kappa shape index (κ2) is 12.7. The Hall–Kier alpha value is -4.23. The van der Waals surface area contributed by atoms with Gasteiger partial charge < -0.3 is 19.4 Å². The molecule has 2 saturated heterocycles. The number of hydrogen-bond acceptors (Lipinski definition) is 6. The molecule has 8 nitrogen and oxygen atoms in total. The Morgan fingerprint density at radius 2 is 1.95 bits per heavy atom. The SMILES string of the molecule is CCN(C(=O)Oc1ccc(F)cc1)[C@@H]1CN(C(=O)C2CCN(c3cccnc3)C(C#N)C2)C[C@H]1c1ccc(Cl)c(F)c1. The Bertz CT molecular complexity index is 1470. The molecule has 0 aliphatic carbocycles.